The summed E-state index contributed by atoms with van der Waals surface area (Å²) >= 11 is 0. The Kier molecular flexibility index (Phi) is 12.9. The van der Waals surface area contributed by atoms with Crippen LogP contribution in [0.3, 0.4) is 0 Å². The molecule has 0 saturated carbocycles. The maximum absolute atomic E-state index is 13.5. The van der Waals surface area contributed by atoms with Gasteiger partial charge in [-0.2, -0.15) is 5.10 Å². The molecule has 0 radical (unpaired) electrons. The number of carbonyl (C=O) groups is 6. The van der Waals surface area contributed by atoms with Gasteiger partial charge in [-0.05, 0) is 86.2 Å². The van der Waals surface area contributed by atoms with Gasteiger partial charge in [-0.3, -0.25) is 49.4 Å². The lowest BCUT2D eigenvalue weighted by molar-refractivity contribution is -0.136. The van der Waals surface area contributed by atoms with Crippen LogP contribution in [0.2, 0.25) is 0 Å². The van der Waals surface area contributed by atoms with Gasteiger partial charge in [-0.15, -0.1) is 5.53 Å². The number of para-hydroxylation sites is 1. The fraction of sp³-hybridized carbons (Fsp3) is 0.370. The number of likely N-dealkylation sites (tertiary alicyclic amines) is 1. The number of nitrogens with two attached hydrogens (primary N) is 1. The van der Waals surface area contributed by atoms with Crippen LogP contribution < -0.4 is 37.4 Å². The van der Waals surface area contributed by atoms with E-state index in [0.29, 0.717) is 93.4 Å². The largest absolute Gasteiger partial charge is 0.457 e. The van der Waals surface area contributed by atoms with Crippen molar-refractivity contribution < 1.29 is 43.0 Å². The van der Waals surface area contributed by atoms with E-state index in [1.54, 1.807) is 29.4 Å². The number of hydrazine groups is 2. The number of hydrogen-bond acceptors (Lipinski definition) is 15. The van der Waals surface area contributed by atoms with Crippen LogP contribution in [0.4, 0.5) is 11.5 Å². The van der Waals surface area contributed by atoms with Crippen LogP contribution in [0, 0.1) is 5.92 Å². The zero-order chi connectivity index (χ0) is 45.7. The number of ether oxygens (including phenoxy) is 3. The highest BCUT2D eigenvalue weighted by Crippen LogP contribution is 2.40. The van der Waals surface area contributed by atoms with Gasteiger partial charge in [0.05, 0.1) is 50.1 Å². The van der Waals surface area contributed by atoms with E-state index in [-0.39, 0.29) is 41.8 Å². The van der Waals surface area contributed by atoms with Crippen LogP contribution in [-0.4, -0.2) is 125 Å². The summed E-state index contributed by atoms with van der Waals surface area (Å²) in [6, 6.07) is 20.8. The third-order valence-corrected chi connectivity index (χ3v) is 12.4. The molecule has 7 N–H and O–H groups in total. The van der Waals surface area contributed by atoms with Crippen molar-refractivity contribution >= 4 is 46.9 Å². The molecule has 2 saturated heterocycles. The molecule has 5 aliphatic heterocycles. The van der Waals surface area contributed by atoms with Crippen molar-refractivity contribution in [2.45, 2.75) is 44.2 Å². The maximum atomic E-state index is 13.5. The van der Waals surface area contributed by atoms with Gasteiger partial charge in [0.15, 0.2) is 0 Å². The minimum atomic E-state index is -1.01. The van der Waals surface area contributed by atoms with E-state index in [0.717, 1.165) is 35.5 Å². The predicted molar refractivity (Wildman–Crippen MR) is 238 cm³/mol. The number of anilines is 2. The van der Waals surface area contributed by atoms with Crippen molar-refractivity contribution in [2.24, 2.45) is 11.7 Å². The lowest BCUT2D eigenvalue weighted by Gasteiger charge is -2.38. The number of aromatic nitrogens is 2. The predicted octanol–water partition coefficient (Wildman–Crippen LogP) is 2.75. The van der Waals surface area contributed by atoms with Crippen molar-refractivity contribution in [2.75, 3.05) is 69.8 Å². The molecule has 20 nitrogen and oxygen atoms in total. The molecular formula is C46H51N11O9. The van der Waals surface area contributed by atoms with Crippen molar-refractivity contribution in [3.63, 3.8) is 0 Å². The maximum Gasteiger partial charge on any atom is 0.272 e. The minimum Gasteiger partial charge on any atom is -0.457 e. The van der Waals surface area contributed by atoms with E-state index in [9.17, 15) is 28.8 Å². The Bertz CT molecular complexity index is 2540. The summed E-state index contributed by atoms with van der Waals surface area (Å²) < 4.78 is 19.3. The number of primary amides is 1. The van der Waals surface area contributed by atoms with Crippen molar-refractivity contribution in [3.05, 3.63) is 101 Å². The number of nitrogens with one attached hydrogen (secondary N) is 5. The molecule has 3 aromatic carbocycles. The fourth-order valence-electron chi connectivity index (χ4n) is 9.05. The zero-order valence-corrected chi connectivity index (χ0v) is 36.1. The first kappa shape index (κ1) is 43.9. The first-order chi connectivity index (χ1) is 32.1. The number of imide groups is 2. The second-order valence-electron chi connectivity index (χ2n) is 16.6. The van der Waals surface area contributed by atoms with E-state index >= 15 is 0 Å². The average Bonchev–Trinajstić information content (AvgIpc) is 4.03. The lowest BCUT2D eigenvalue weighted by atomic mass is 9.86. The summed E-state index contributed by atoms with van der Waals surface area (Å²) in [6.07, 6.45) is 4.29. The summed E-state index contributed by atoms with van der Waals surface area (Å²) in [5, 5.41) is 15.5. The number of carbonyl (C=O) groups excluding carboxylic acids is 6. The van der Waals surface area contributed by atoms with Gasteiger partial charge in [0.1, 0.15) is 40.3 Å². The van der Waals surface area contributed by atoms with E-state index in [1.165, 1.54) is 0 Å². The third kappa shape index (κ3) is 9.28. The van der Waals surface area contributed by atoms with E-state index < -0.39 is 35.6 Å². The van der Waals surface area contributed by atoms with Crippen LogP contribution in [0.25, 0.3) is 11.3 Å². The van der Waals surface area contributed by atoms with Crippen molar-refractivity contribution in [1.82, 2.24) is 40.9 Å². The molecule has 20 heteroatoms. The molecule has 0 spiro atoms. The summed E-state index contributed by atoms with van der Waals surface area (Å²) in [4.78, 5) is 79.0. The Morgan fingerprint density at radius 3 is 2.33 bits per heavy atom. The number of rotatable bonds is 17. The zero-order valence-electron chi connectivity index (χ0n) is 36.1. The quantitative estimate of drug-likeness (QED) is 0.0660. The Balaban J connectivity index is 0.682. The van der Waals surface area contributed by atoms with Gasteiger partial charge >= 0.3 is 0 Å². The SMILES string of the molecule is NC(=O)c1c(-c2ccc(Oc3ccccc3)cc2)nn2c1NCC[C@H]2C1CCN(C(=O)C2=CN(CCOCCOCCNc3ccc4c(c3)C(=O)N(C3CCC(=O)NC3=O)C4=O)NN2)CC1. The number of fused-ring (bicyclic) bond motifs is 2. The van der Waals surface area contributed by atoms with Crippen molar-refractivity contribution in [1.29, 1.82) is 0 Å². The molecule has 66 heavy (non-hydrogen) atoms. The van der Waals surface area contributed by atoms with Gasteiger partial charge in [0.2, 0.25) is 11.8 Å². The molecule has 1 unspecified atom stereocenters. The Morgan fingerprint density at radius 2 is 1.58 bits per heavy atom. The van der Waals surface area contributed by atoms with Gasteiger partial charge in [0, 0.05) is 50.1 Å². The second-order valence-corrected chi connectivity index (χ2v) is 16.6. The van der Waals surface area contributed by atoms with E-state index in [2.05, 4.69) is 26.9 Å². The molecule has 6 amide bonds. The molecular weight excluding hydrogens is 851 g/mol. The molecule has 2 fully saturated rings. The van der Waals surface area contributed by atoms with Gasteiger partial charge in [-0.25, -0.2) is 4.68 Å². The summed E-state index contributed by atoms with van der Waals surface area (Å²) in [5.41, 5.74) is 15.1. The van der Waals surface area contributed by atoms with E-state index in [1.807, 2.05) is 64.2 Å². The number of benzene rings is 3. The molecule has 0 bridgehead atoms. The molecule has 344 valence electrons. The minimum absolute atomic E-state index is 0.0367. The summed E-state index contributed by atoms with van der Waals surface area (Å²) in [6.45, 7) is 4.22. The van der Waals surface area contributed by atoms with Crippen LogP contribution in [-0.2, 0) is 23.9 Å². The molecule has 2 atom stereocenters. The molecule has 5 aliphatic rings. The number of nitrogens with zero attached hydrogens (tertiary/aromatic N) is 5. The number of piperidine rings is 2. The van der Waals surface area contributed by atoms with Crippen LogP contribution in [0.1, 0.15) is 69.2 Å². The summed E-state index contributed by atoms with van der Waals surface area (Å²) in [7, 11) is 0. The second kappa shape index (κ2) is 19.4. The lowest BCUT2D eigenvalue weighted by Crippen LogP contribution is -2.54. The summed E-state index contributed by atoms with van der Waals surface area (Å²) in [5.74, 6) is -0.566. The topological polar surface area (TPSA) is 244 Å². The highest BCUT2D eigenvalue weighted by Gasteiger charge is 2.45. The number of amides is 6. The monoisotopic (exact) mass is 901 g/mol. The van der Waals surface area contributed by atoms with E-state index in [4.69, 9.17) is 25.0 Å². The highest BCUT2D eigenvalue weighted by molar-refractivity contribution is 6.23. The highest BCUT2D eigenvalue weighted by atomic mass is 16.5. The third-order valence-electron chi connectivity index (χ3n) is 12.4. The van der Waals surface area contributed by atoms with Gasteiger partial charge < -0.3 is 35.5 Å². The molecule has 9 rings (SSSR count). The first-order valence-corrected chi connectivity index (χ1v) is 22.2. The Labute approximate surface area is 379 Å². The van der Waals surface area contributed by atoms with Crippen LogP contribution in [0.5, 0.6) is 11.5 Å². The normalized spacial score (nSPS) is 19.5. The van der Waals surface area contributed by atoms with Gasteiger partial charge in [-0.1, -0.05) is 18.2 Å². The number of hydrogen-bond donors (Lipinski definition) is 6. The molecule has 4 aromatic rings. The van der Waals surface area contributed by atoms with Crippen molar-refractivity contribution in [3.8, 4) is 22.8 Å². The van der Waals surface area contributed by atoms with Gasteiger partial charge in [0.25, 0.3) is 23.6 Å². The molecule has 0 aliphatic carbocycles. The Morgan fingerprint density at radius 1 is 0.833 bits per heavy atom. The molecule has 1 aromatic heterocycles. The first-order valence-electron chi connectivity index (χ1n) is 22.2. The molecule has 6 heterocycles. The van der Waals surface area contributed by atoms with Crippen LogP contribution in [0.15, 0.2) is 84.7 Å². The Hall–Kier alpha value is -7.29. The smallest absolute Gasteiger partial charge is 0.272 e. The van der Waals surface area contributed by atoms with Crippen LogP contribution >= 0.6 is 0 Å². The standard InChI is InChI=1S/C46H51N11O9/c47-41(59)39-40(29-6-9-32(10-7-29)66-31-4-2-1-3-5-31)52-57-36(14-17-49-42(39)57)28-15-19-54(20-16-28)46(63)35-27-55(53-51-35)21-23-65-25-24-64-22-18-48-30-8-11-33-34(26-30)45(62)56(44(33)61)37-12-13-38(58)50-43(37)60/h1-11,26-28,36-37,48-49,51,53H,12-25H2,(H2,47,59)(H,50,58,60)/t36-,37?/m0/s1. The average molecular weight is 902 g/mol. The fourth-order valence-corrected chi connectivity index (χ4v) is 9.05.